The van der Waals surface area contributed by atoms with Crippen LogP contribution in [0.1, 0.15) is 30.4 Å². The van der Waals surface area contributed by atoms with Crippen molar-refractivity contribution in [1.29, 1.82) is 0 Å². The summed E-state index contributed by atoms with van der Waals surface area (Å²) in [5.74, 6) is 0.690. The standard InChI is InChI=1S/C13H18ClNO/c1-10-6-5-7-12(11(10)2)15-13(16)8-3-4-9-14/h5-7H,3-4,8-9H2,1-2H3,(H,15,16). The molecular weight excluding hydrogens is 222 g/mol. The predicted octanol–water partition coefficient (Wildman–Crippen LogP) is 3.65. The van der Waals surface area contributed by atoms with Gasteiger partial charge in [-0.1, -0.05) is 12.1 Å². The van der Waals surface area contributed by atoms with Crippen LogP contribution in [0.15, 0.2) is 18.2 Å². The Morgan fingerprint density at radius 1 is 1.31 bits per heavy atom. The lowest BCUT2D eigenvalue weighted by Gasteiger charge is -2.09. The normalized spacial score (nSPS) is 10.2. The van der Waals surface area contributed by atoms with Crippen molar-refractivity contribution < 1.29 is 4.79 Å². The quantitative estimate of drug-likeness (QED) is 0.617. The summed E-state index contributed by atoms with van der Waals surface area (Å²) in [4.78, 5) is 11.6. The van der Waals surface area contributed by atoms with Crippen LogP contribution in [-0.2, 0) is 4.79 Å². The van der Waals surface area contributed by atoms with Crippen LogP contribution in [0.2, 0.25) is 0 Å². The van der Waals surface area contributed by atoms with E-state index < -0.39 is 0 Å². The second-order valence-corrected chi connectivity index (χ2v) is 4.32. The lowest BCUT2D eigenvalue weighted by Crippen LogP contribution is -2.12. The van der Waals surface area contributed by atoms with Gasteiger partial charge in [0.2, 0.25) is 5.91 Å². The van der Waals surface area contributed by atoms with E-state index in [-0.39, 0.29) is 5.91 Å². The fraction of sp³-hybridized carbons (Fsp3) is 0.462. The third-order valence-corrected chi connectivity index (χ3v) is 2.93. The number of amides is 1. The van der Waals surface area contributed by atoms with Gasteiger partial charge in [-0.2, -0.15) is 0 Å². The third-order valence-electron chi connectivity index (χ3n) is 2.67. The molecule has 0 heterocycles. The van der Waals surface area contributed by atoms with Crippen molar-refractivity contribution in [1.82, 2.24) is 0 Å². The molecule has 0 aliphatic heterocycles. The van der Waals surface area contributed by atoms with Gasteiger partial charge in [0.1, 0.15) is 0 Å². The first-order valence-electron chi connectivity index (χ1n) is 5.57. The highest BCUT2D eigenvalue weighted by Crippen LogP contribution is 2.18. The van der Waals surface area contributed by atoms with Gasteiger partial charge >= 0.3 is 0 Å². The molecule has 1 aromatic rings. The topological polar surface area (TPSA) is 29.1 Å². The average molecular weight is 240 g/mol. The monoisotopic (exact) mass is 239 g/mol. The van der Waals surface area contributed by atoms with E-state index >= 15 is 0 Å². The minimum absolute atomic E-state index is 0.0683. The van der Waals surface area contributed by atoms with Crippen LogP contribution in [0.25, 0.3) is 0 Å². The number of halogens is 1. The summed E-state index contributed by atoms with van der Waals surface area (Å²) in [5.41, 5.74) is 3.24. The maximum atomic E-state index is 11.6. The van der Waals surface area contributed by atoms with Crippen molar-refractivity contribution >= 4 is 23.2 Å². The molecule has 1 aromatic carbocycles. The Hall–Kier alpha value is -1.02. The average Bonchev–Trinajstić information content (AvgIpc) is 2.25. The molecule has 88 valence electrons. The molecule has 0 fully saturated rings. The van der Waals surface area contributed by atoms with E-state index in [1.807, 2.05) is 32.0 Å². The zero-order valence-corrected chi connectivity index (χ0v) is 10.6. The molecule has 0 spiro atoms. The highest BCUT2D eigenvalue weighted by Gasteiger charge is 2.05. The number of carbonyl (C=O) groups is 1. The van der Waals surface area contributed by atoms with Gasteiger partial charge in [-0.15, -0.1) is 11.6 Å². The maximum absolute atomic E-state index is 11.6. The molecule has 2 nitrogen and oxygen atoms in total. The van der Waals surface area contributed by atoms with E-state index in [4.69, 9.17) is 11.6 Å². The summed E-state index contributed by atoms with van der Waals surface area (Å²) in [6, 6.07) is 5.93. The number of nitrogens with one attached hydrogen (secondary N) is 1. The van der Waals surface area contributed by atoms with Crippen LogP contribution in [0.3, 0.4) is 0 Å². The van der Waals surface area contributed by atoms with E-state index in [1.54, 1.807) is 0 Å². The number of unbranched alkanes of at least 4 members (excludes halogenated alkanes) is 1. The molecule has 0 bridgehead atoms. The zero-order valence-electron chi connectivity index (χ0n) is 9.85. The largest absolute Gasteiger partial charge is 0.326 e. The molecule has 0 saturated heterocycles. The molecule has 0 saturated carbocycles. The summed E-state index contributed by atoms with van der Waals surface area (Å²) in [6.45, 7) is 4.06. The lowest BCUT2D eigenvalue weighted by molar-refractivity contribution is -0.116. The van der Waals surface area contributed by atoms with Crippen molar-refractivity contribution in [3.8, 4) is 0 Å². The van der Waals surface area contributed by atoms with Crippen LogP contribution >= 0.6 is 11.6 Å². The van der Waals surface area contributed by atoms with Crippen LogP contribution in [0, 0.1) is 13.8 Å². The second kappa shape index (κ2) is 6.54. The number of hydrogen-bond acceptors (Lipinski definition) is 1. The third kappa shape index (κ3) is 3.86. The van der Waals surface area contributed by atoms with E-state index in [0.29, 0.717) is 12.3 Å². The molecule has 0 atom stereocenters. The molecule has 1 rings (SSSR count). The first-order chi connectivity index (χ1) is 7.65. The number of rotatable bonds is 5. The van der Waals surface area contributed by atoms with E-state index in [9.17, 15) is 4.79 Å². The van der Waals surface area contributed by atoms with Gasteiger partial charge in [0.15, 0.2) is 0 Å². The molecule has 16 heavy (non-hydrogen) atoms. The number of hydrogen-bond donors (Lipinski definition) is 1. The van der Waals surface area contributed by atoms with E-state index in [2.05, 4.69) is 5.32 Å². The van der Waals surface area contributed by atoms with Crippen LogP contribution in [0.5, 0.6) is 0 Å². The maximum Gasteiger partial charge on any atom is 0.224 e. The molecule has 0 radical (unpaired) electrons. The smallest absolute Gasteiger partial charge is 0.224 e. The van der Waals surface area contributed by atoms with Gasteiger partial charge in [-0.05, 0) is 43.9 Å². The summed E-state index contributed by atoms with van der Waals surface area (Å²) >= 11 is 5.56. The molecule has 0 aliphatic carbocycles. The van der Waals surface area contributed by atoms with Gasteiger partial charge in [-0.3, -0.25) is 4.79 Å². The Labute approximate surface area is 102 Å². The van der Waals surface area contributed by atoms with Crippen molar-refractivity contribution in [2.75, 3.05) is 11.2 Å². The van der Waals surface area contributed by atoms with Gasteiger partial charge in [0, 0.05) is 18.0 Å². The first kappa shape index (κ1) is 13.0. The van der Waals surface area contributed by atoms with Crippen LogP contribution < -0.4 is 5.32 Å². The Kier molecular flexibility index (Phi) is 5.33. The Balaban J connectivity index is 2.53. The van der Waals surface area contributed by atoms with Crippen LogP contribution in [0.4, 0.5) is 5.69 Å². The Morgan fingerprint density at radius 3 is 2.75 bits per heavy atom. The van der Waals surface area contributed by atoms with Gasteiger partial charge < -0.3 is 5.32 Å². The number of aryl methyl sites for hydroxylation is 1. The van der Waals surface area contributed by atoms with Gasteiger partial charge in [0.25, 0.3) is 0 Å². The molecule has 3 heteroatoms. The molecule has 1 N–H and O–H groups in total. The van der Waals surface area contributed by atoms with Gasteiger partial charge in [-0.25, -0.2) is 0 Å². The summed E-state index contributed by atoms with van der Waals surface area (Å²) in [7, 11) is 0. The Morgan fingerprint density at radius 2 is 2.06 bits per heavy atom. The minimum Gasteiger partial charge on any atom is -0.326 e. The van der Waals surface area contributed by atoms with Gasteiger partial charge in [0.05, 0.1) is 0 Å². The first-order valence-corrected chi connectivity index (χ1v) is 6.10. The molecular formula is C13H18ClNO. The van der Waals surface area contributed by atoms with E-state index in [0.717, 1.165) is 24.1 Å². The van der Waals surface area contributed by atoms with E-state index in [1.165, 1.54) is 5.56 Å². The number of alkyl halides is 1. The minimum atomic E-state index is 0.0683. The number of anilines is 1. The summed E-state index contributed by atoms with van der Waals surface area (Å²) < 4.78 is 0. The number of benzene rings is 1. The van der Waals surface area contributed by atoms with Crippen molar-refractivity contribution in [2.24, 2.45) is 0 Å². The lowest BCUT2D eigenvalue weighted by atomic mass is 10.1. The summed E-state index contributed by atoms with van der Waals surface area (Å²) in [6.07, 6.45) is 2.28. The van der Waals surface area contributed by atoms with Crippen molar-refractivity contribution in [3.05, 3.63) is 29.3 Å². The molecule has 0 unspecified atom stereocenters. The summed E-state index contributed by atoms with van der Waals surface area (Å²) in [5, 5.41) is 2.93. The van der Waals surface area contributed by atoms with Crippen LogP contribution in [-0.4, -0.2) is 11.8 Å². The highest BCUT2D eigenvalue weighted by atomic mass is 35.5. The SMILES string of the molecule is Cc1cccc(NC(=O)CCCCCl)c1C. The highest BCUT2D eigenvalue weighted by molar-refractivity contribution is 6.17. The fourth-order valence-corrected chi connectivity index (χ4v) is 1.67. The predicted molar refractivity (Wildman–Crippen MR) is 69.1 cm³/mol. The molecule has 1 amide bonds. The fourth-order valence-electron chi connectivity index (χ4n) is 1.48. The Bertz CT molecular complexity index is 363. The second-order valence-electron chi connectivity index (χ2n) is 3.94. The van der Waals surface area contributed by atoms with Crippen molar-refractivity contribution in [3.63, 3.8) is 0 Å². The molecule has 0 aliphatic rings. The number of carbonyl (C=O) groups excluding carboxylic acids is 1. The zero-order chi connectivity index (χ0) is 12.0. The van der Waals surface area contributed by atoms with Crippen molar-refractivity contribution in [2.45, 2.75) is 33.1 Å². The molecule has 0 aromatic heterocycles.